The smallest absolute Gasteiger partial charge is 0.207 e. The molecule has 0 saturated carbocycles. The number of pyridine rings is 1. The lowest BCUT2D eigenvalue weighted by Gasteiger charge is -2.32. The minimum absolute atomic E-state index is 0.0718. The summed E-state index contributed by atoms with van der Waals surface area (Å²) in [6.07, 6.45) is 1.57. The molecule has 9 heteroatoms. The van der Waals surface area contributed by atoms with Crippen LogP contribution in [0.25, 0.3) is 11.3 Å². The molecule has 2 heterocycles. The molecule has 0 radical (unpaired) electrons. The Morgan fingerprint density at radius 2 is 1.91 bits per heavy atom. The molecule has 4 rings (SSSR count). The molecular formula is C24H23F2N5O2. The van der Waals surface area contributed by atoms with Gasteiger partial charge in [0.1, 0.15) is 23.4 Å². The van der Waals surface area contributed by atoms with E-state index in [0.29, 0.717) is 35.9 Å². The van der Waals surface area contributed by atoms with E-state index in [1.165, 1.54) is 37.4 Å². The molecule has 1 fully saturated rings. The van der Waals surface area contributed by atoms with E-state index < -0.39 is 11.6 Å². The third-order valence-electron chi connectivity index (χ3n) is 5.70. The monoisotopic (exact) mass is 451 g/mol. The number of aromatic nitrogens is 1. The molecule has 7 nitrogen and oxygen atoms in total. The highest BCUT2D eigenvalue weighted by molar-refractivity contribution is 5.80. The molecule has 1 aromatic heterocycles. The van der Waals surface area contributed by atoms with Crippen LogP contribution in [0.3, 0.4) is 0 Å². The summed E-state index contributed by atoms with van der Waals surface area (Å²) in [7, 11) is 1.36. The maximum absolute atomic E-state index is 14.4. The highest BCUT2D eigenvalue weighted by Gasteiger charge is 2.21. The molecule has 0 bridgehead atoms. The number of rotatable bonds is 5. The molecule has 170 valence electrons. The number of hydrogen-bond acceptors (Lipinski definition) is 6. The Labute approximate surface area is 189 Å². The van der Waals surface area contributed by atoms with E-state index in [1.807, 2.05) is 4.90 Å². The largest absolute Gasteiger partial charge is 0.494 e. The molecule has 33 heavy (non-hydrogen) atoms. The number of hydrogen-bond donors (Lipinski definition) is 3. The predicted octanol–water partition coefficient (Wildman–Crippen LogP) is 3.87. The van der Waals surface area contributed by atoms with E-state index in [-0.39, 0.29) is 28.5 Å². The number of benzene rings is 2. The molecule has 4 N–H and O–H groups in total. The van der Waals surface area contributed by atoms with Crippen LogP contribution in [0, 0.1) is 23.0 Å². The Kier molecular flexibility index (Phi) is 6.29. The number of methoxy groups -OCH3 is 1. The van der Waals surface area contributed by atoms with Crippen LogP contribution in [0.2, 0.25) is 0 Å². The molecule has 1 aliphatic rings. The van der Waals surface area contributed by atoms with Crippen LogP contribution in [0.4, 0.5) is 26.0 Å². The third-order valence-corrected chi connectivity index (χ3v) is 5.70. The van der Waals surface area contributed by atoms with Gasteiger partial charge in [0.25, 0.3) is 0 Å². The lowest BCUT2D eigenvalue weighted by atomic mass is 10.0. The zero-order chi connectivity index (χ0) is 23.5. The van der Waals surface area contributed by atoms with Gasteiger partial charge in [-0.15, -0.1) is 0 Å². The highest BCUT2D eigenvalue weighted by Crippen LogP contribution is 2.31. The first-order valence-corrected chi connectivity index (χ1v) is 10.5. The molecule has 0 aliphatic carbocycles. The first-order valence-electron chi connectivity index (χ1n) is 10.5. The Hall–Kier alpha value is -3.90. The van der Waals surface area contributed by atoms with Gasteiger partial charge < -0.3 is 25.7 Å². The van der Waals surface area contributed by atoms with Gasteiger partial charge in [-0.1, -0.05) is 6.07 Å². The van der Waals surface area contributed by atoms with Gasteiger partial charge >= 0.3 is 0 Å². The van der Waals surface area contributed by atoms with Crippen molar-refractivity contribution in [3.63, 3.8) is 0 Å². The third kappa shape index (κ3) is 4.66. The van der Waals surface area contributed by atoms with Gasteiger partial charge in [-0.25, -0.2) is 8.78 Å². The van der Waals surface area contributed by atoms with Crippen molar-refractivity contribution < 1.29 is 13.5 Å². The van der Waals surface area contributed by atoms with E-state index in [0.717, 1.165) is 12.8 Å². The van der Waals surface area contributed by atoms with Crippen molar-refractivity contribution >= 4 is 17.2 Å². The molecular weight excluding hydrogens is 428 g/mol. The van der Waals surface area contributed by atoms with Crippen LogP contribution in [-0.2, 0) is 0 Å². The Morgan fingerprint density at radius 3 is 2.55 bits per heavy atom. The maximum Gasteiger partial charge on any atom is 0.207 e. The van der Waals surface area contributed by atoms with Crippen molar-refractivity contribution in [2.24, 2.45) is 5.73 Å². The Bertz CT molecular complexity index is 1280. The van der Waals surface area contributed by atoms with Crippen LogP contribution in [-0.4, -0.2) is 31.2 Å². The quantitative estimate of drug-likeness (QED) is 0.544. The Morgan fingerprint density at radius 1 is 1.15 bits per heavy atom. The molecule has 0 spiro atoms. The SMILES string of the molecule is COc1ccc(Nc2c(-c3ccc(C#N)c(F)c3)[nH]c(N3CCC(N)CC3)cc2=O)cc1F. The molecule has 1 aliphatic heterocycles. The van der Waals surface area contributed by atoms with Gasteiger partial charge in [-0.2, -0.15) is 5.26 Å². The Balaban J connectivity index is 1.81. The zero-order valence-electron chi connectivity index (χ0n) is 18.0. The first kappa shape index (κ1) is 22.3. The van der Waals surface area contributed by atoms with Crippen molar-refractivity contribution in [1.82, 2.24) is 4.98 Å². The standard InChI is InChI=1S/C24H23F2N5O2/c1-33-21-5-4-17(11-19(21)26)29-24-20(32)12-22(31-8-6-16(28)7-9-31)30-23(24)14-2-3-15(13-27)18(25)10-14/h2-5,10-12,16,29H,6-9,28H2,1H3,(H,30,32). The van der Waals surface area contributed by atoms with Gasteiger partial charge in [-0.3, -0.25) is 4.79 Å². The summed E-state index contributed by atoms with van der Waals surface area (Å²) in [6, 6.07) is 11.7. The number of aromatic amines is 1. The lowest BCUT2D eigenvalue weighted by Crippen LogP contribution is -2.40. The van der Waals surface area contributed by atoms with Gasteiger partial charge in [0.2, 0.25) is 5.43 Å². The number of nitriles is 1. The maximum atomic E-state index is 14.4. The molecule has 1 saturated heterocycles. The summed E-state index contributed by atoms with van der Waals surface area (Å²) >= 11 is 0. The number of nitrogens with one attached hydrogen (secondary N) is 2. The molecule has 0 amide bonds. The van der Waals surface area contributed by atoms with E-state index in [4.69, 9.17) is 15.7 Å². The number of ether oxygens (including phenoxy) is 1. The van der Waals surface area contributed by atoms with Crippen LogP contribution in [0.1, 0.15) is 18.4 Å². The summed E-state index contributed by atoms with van der Waals surface area (Å²) in [4.78, 5) is 18.4. The van der Waals surface area contributed by atoms with Crippen molar-refractivity contribution in [3.8, 4) is 23.1 Å². The number of H-pyrrole nitrogens is 1. The molecule has 0 atom stereocenters. The minimum Gasteiger partial charge on any atom is -0.494 e. The van der Waals surface area contributed by atoms with Crippen LogP contribution >= 0.6 is 0 Å². The topological polar surface area (TPSA) is 107 Å². The normalized spacial score (nSPS) is 14.1. The average molecular weight is 451 g/mol. The van der Waals surface area contributed by atoms with Gasteiger partial charge in [0.05, 0.1) is 18.4 Å². The lowest BCUT2D eigenvalue weighted by molar-refractivity contribution is 0.386. The van der Waals surface area contributed by atoms with Crippen molar-refractivity contribution in [2.45, 2.75) is 18.9 Å². The number of halogens is 2. The van der Waals surface area contributed by atoms with Crippen LogP contribution < -0.4 is 26.1 Å². The minimum atomic E-state index is -0.702. The first-order chi connectivity index (χ1) is 15.9. The summed E-state index contributed by atoms with van der Waals surface area (Å²) in [5.74, 6) is -0.640. The number of piperidine rings is 1. The van der Waals surface area contributed by atoms with Gasteiger partial charge in [0, 0.05) is 42.5 Å². The van der Waals surface area contributed by atoms with Gasteiger partial charge in [-0.05, 0) is 37.1 Å². The van der Waals surface area contributed by atoms with E-state index >= 15 is 0 Å². The van der Waals surface area contributed by atoms with Crippen molar-refractivity contribution in [2.75, 3.05) is 30.4 Å². The number of nitrogens with zero attached hydrogens (tertiary/aromatic N) is 2. The summed E-state index contributed by atoms with van der Waals surface area (Å²) in [6.45, 7) is 1.35. The highest BCUT2D eigenvalue weighted by atomic mass is 19.1. The second kappa shape index (κ2) is 9.30. The summed E-state index contributed by atoms with van der Waals surface area (Å²) in [5.41, 5.74) is 6.69. The summed E-state index contributed by atoms with van der Waals surface area (Å²) in [5, 5.41) is 12.0. The van der Waals surface area contributed by atoms with Gasteiger partial charge in [0.15, 0.2) is 11.6 Å². The summed E-state index contributed by atoms with van der Waals surface area (Å²) < 4.78 is 33.6. The second-order valence-corrected chi connectivity index (χ2v) is 7.87. The second-order valence-electron chi connectivity index (χ2n) is 7.87. The molecule has 2 aromatic carbocycles. The fraction of sp³-hybridized carbons (Fsp3) is 0.250. The zero-order valence-corrected chi connectivity index (χ0v) is 18.0. The van der Waals surface area contributed by atoms with Crippen molar-refractivity contribution in [3.05, 3.63) is 69.9 Å². The van der Waals surface area contributed by atoms with E-state index in [2.05, 4.69) is 10.3 Å². The van der Waals surface area contributed by atoms with E-state index in [9.17, 15) is 13.6 Å². The molecule has 0 unspecified atom stereocenters. The van der Waals surface area contributed by atoms with Crippen LogP contribution in [0.5, 0.6) is 5.75 Å². The van der Waals surface area contributed by atoms with E-state index in [1.54, 1.807) is 18.2 Å². The number of nitrogens with two attached hydrogens (primary N) is 1. The number of anilines is 3. The van der Waals surface area contributed by atoms with Crippen molar-refractivity contribution in [1.29, 1.82) is 5.26 Å². The molecule has 3 aromatic rings. The average Bonchev–Trinajstić information content (AvgIpc) is 2.81. The fourth-order valence-electron chi connectivity index (χ4n) is 3.85. The predicted molar refractivity (Wildman–Crippen MR) is 123 cm³/mol. The fourth-order valence-corrected chi connectivity index (χ4v) is 3.85. The van der Waals surface area contributed by atoms with Crippen LogP contribution in [0.15, 0.2) is 47.3 Å².